The van der Waals surface area contributed by atoms with Gasteiger partial charge in [-0.1, -0.05) is 43.8 Å². The number of hydrogen-bond acceptors (Lipinski definition) is 6. The van der Waals surface area contributed by atoms with Crippen molar-refractivity contribution in [2.24, 2.45) is 5.92 Å². The van der Waals surface area contributed by atoms with Crippen LogP contribution >= 0.6 is 11.8 Å². The van der Waals surface area contributed by atoms with Crippen LogP contribution in [-0.2, 0) is 0 Å². The van der Waals surface area contributed by atoms with Crippen molar-refractivity contribution >= 4 is 11.8 Å². The van der Waals surface area contributed by atoms with Gasteiger partial charge in [0, 0.05) is 12.3 Å². The van der Waals surface area contributed by atoms with Gasteiger partial charge in [0.05, 0.1) is 11.8 Å². The smallest absolute Gasteiger partial charge is 0.214 e. The maximum atomic E-state index is 9.96. The van der Waals surface area contributed by atoms with E-state index in [2.05, 4.69) is 34.7 Å². The van der Waals surface area contributed by atoms with Crippen LogP contribution in [0.4, 0.5) is 0 Å². The fraction of sp³-hybridized carbons (Fsp3) is 0.500. The summed E-state index contributed by atoms with van der Waals surface area (Å²) in [6.45, 7) is 5.77. The van der Waals surface area contributed by atoms with Crippen molar-refractivity contribution in [1.29, 1.82) is 0 Å². The molecule has 0 aliphatic rings. The van der Waals surface area contributed by atoms with Crippen molar-refractivity contribution < 1.29 is 5.11 Å². The Labute approximate surface area is 128 Å². The van der Waals surface area contributed by atoms with Crippen molar-refractivity contribution in [3.63, 3.8) is 0 Å². The molecule has 2 N–H and O–H groups in total. The Morgan fingerprint density at radius 1 is 1.24 bits per heavy atom. The zero-order valence-corrected chi connectivity index (χ0v) is 13.1. The molecule has 0 radical (unpaired) electrons. The molecule has 6 nitrogen and oxygen atoms in total. The average Bonchev–Trinajstić information content (AvgIpc) is 2.94. The van der Waals surface area contributed by atoms with Crippen molar-refractivity contribution in [2.75, 3.05) is 18.8 Å². The van der Waals surface area contributed by atoms with E-state index in [9.17, 15) is 5.11 Å². The van der Waals surface area contributed by atoms with Crippen molar-refractivity contribution in [2.45, 2.75) is 25.1 Å². The van der Waals surface area contributed by atoms with Gasteiger partial charge in [-0.2, -0.15) is 4.68 Å². The summed E-state index contributed by atoms with van der Waals surface area (Å²) in [6, 6.07) is 9.72. The lowest BCUT2D eigenvalue weighted by Gasteiger charge is -2.12. The van der Waals surface area contributed by atoms with E-state index < -0.39 is 6.10 Å². The largest absolute Gasteiger partial charge is 0.391 e. The Morgan fingerprint density at radius 3 is 2.71 bits per heavy atom. The maximum Gasteiger partial charge on any atom is 0.214 e. The minimum Gasteiger partial charge on any atom is -0.391 e. The number of aliphatic hydroxyl groups is 1. The average molecular weight is 307 g/mol. The number of tetrazole rings is 1. The minimum absolute atomic E-state index is 0.422. The molecule has 21 heavy (non-hydrogen) atoms. The molecule has 0 spiro atoms. The number of para-hydroxylation sites is 1. The predicted molar refractivity (Wildman–Crippen MR) is 83.6 cm³/mol. The first-order chi connectivity index (χ1) is 10.2. The Kier molecular flexibility index (Phi) is 6.16. The first kappa shape index (κ1) is 15.9. The topological polar surface area (TPSA) is 75.9 Å². The molecule has 0 fully saturated rings. The Hall–Kier alpha value is -1.44. The van der Waals surface area contributed by atoms with Gasteiger partial charge in [-0.3, -0.25) is 0 Å². The van der Waals surface area contributed by atoms with Crippen molar-refractivity contribution in [1.82, 2.24) is 25.5 Å². The summed E-state index contributed by atoms with van der Waals surface area (Å²) >= 11 is 1.45. The van der Waals surface area contributed by atoms with Gasteiger partial charge in [0.1, 0.15) is 0 Å². The van der Waals surface area contributed by atoms with E-state index in [4.69, 9.17) is 0 Å². The number of rotatable bonds is 8. The molecular weight excluding hydrogens is 286 g/mol. The lowest BCUT2D eigenvalue weighted by atomic mass is 10.2. The van der Waals surface area contributed by atoms with Gasteiger partial charge in [0.15, 0.2) is 0 Å². The van der Waals surface area contributed by atoms with E-state index in [1.807, 2.05) is 30.3 Å². The standard InChI is InChI=1S/C14H21N5OS/c1-11(2)8-15-9-13(20)10-21-14-16-17-18-19(14)12-6-4-3-5-7-12/h3-7,11,13,15,20H,8-10H2,1-2H3. The molecule has 7 heteroatoms. The fourth-order valence-corrected chi connectivity index (χ4v) is 2.59. The van der Waals surface area contributed by atoms with Crippen LogP contribution in [0.2, 0.25) is 0 Å². The van der Waals surface area contributed by atoms with Gasteiger partial charge < -0.3 is 10.4 Å². The number of aromatic nitrogens is 4. The summed E-state index contributed by atoms with van der Waals surface area (Å²) < 4.78 is 1.68. The molecule has 0 aliphatic carbocycles. The highest BCUT2D eigenvalue weighted by Crippen LogP contribution is 2.18. The lowest BCUT2D eigenvalue weighted by Crippen LogP contribution is -2.31. The summed E-state index contributed by atoms with van der Waals surface area (Å²) in [7, 11) is 0. The highest BCUT2D eigenvalue weighted by atomic mass is 32.2. The van der Waals surface area contributed by atoms with Crippen LogP contribution in [0.15, 0.2) is 35.5 Å². The van der Waals surface area contributed by atoms with Crippen LogP contribution in [0, 0.1) is 5.92 Å². The number of thioether (sulfide) groups is 1. The molecular formula is C14H21N5OS. The fourth-order valence-electron chi connectivity index (χ4n) is 1.77. The molecule has 114 valence electrons. The lowest BCUT2D eigenvalue weighted by molar-refractivity contribution is 0.194. The van der Waals surface area contributed by atoms with Crippen LogP contribution in [0.3, 0.4) is 0 Å². The molecule has 0 bridgehead atoms. The zero-order chi connectivity index (χ0) is 15.1. The summed E-state index contributed by atoms with van der Waals surface area (Å²) in [5.41, 5.74) is 0.914. The molecule has 1 atom stereocenters. The molecule has 2 aromatic rings. The summed E-state index contributed by atoms with van der Waals surface area (Å²) in [4.78, 5) is 0. The second kappa shape index (κ2) is 8.11. The van der Waals surface area contributed by atoms with Gasteiger partial charge in [-0.05, 0) is 35.0 Å². The van der Waals surface area contributed by atoms with Crippen LogP contribution in [-0.4, -0.2) is 50.3 Å². The zero-order valence-electron chi connectivity index (χ0n) is 12.3. The van der Waals surface area contributed by atoms with E-state index in [0.717, 1.165) is 12.2 Å². The van der Waals surface area contributed by atoms with E-state index in [1.54, 1.807) is 4.68 Å². The van der Waals surface area contributed by atoms with Crippen LogP contribution < -0.4 is 5.32 Å². The number of hydrogen-bond donors (Lipinski definition) is 2. The third-order valence-electron chi connectivity index (χ3n) is 2.78. The Balaban J connectivity index is 1.86. The summed E-state index contributed by atoms with van der Waals surface area (Å²) in [5.74, 6) is 1.13. The molecule has 0 aliphatic heterocycles. The van der Waals surface area contributed by atoms with Crippen LogP contribution in [0.25, 0.3) is 5.69 Å². The van der Waals surface area contributed by atoms with Gasteiger partial charge >= 0.3 is 0 Å². The summed E-state index contributed by atoms with van der Waals surface area (Å²) in [6.07, 6.45) is -0.422. The Bertz CT molecular complexity index is 531. The SMILES string of the molecule is CC(C)CNCC(O)CSc1nnnn1-c1ccccc1. The van der Waals surface area contributed by atoms with Gasteiger partial charge in [0.25, 0.3) is 0 Å². The van der Waals surface area contributed by atoms with Gasteiger partial charge in [0.2, 0.25) is 5.16 Å². The summed E-state index contributed by atoms with van der Waals surface area (Å²) in [5, 5.41) is 25.6. The van der Waals surface area contributed by atoms with Gasteiger partial charge in [-0.15, -0.1) is 5.10 Å². The number of benzene rings is 1. The first-order valence-electron chi connectivity index (χ1n) is 7.02. The van der Waals surface area contributed by atoms with E-state index in [1.165, 1.54) is 11.8 Å². The molecule has 0 saturated heterocycles. The molecule has 1 unspecified atom stereocenters. The van der Waals surface area contributed by atoms with Crippen LogP contribution in [0.5, 0.6) is 0 Å². The third kappa shape index (κ3) is 5.11. The highest BCUT2D eigenvalue weighted by Gasteiger charge is 2.11. The minimum atomic E-state index is -0.422. The van der Waals surface area contributed by atoms with E-state index in [-0.39, 0.29) is 0 Å². The highest BCUT2D eigenvalue weighted by molar-refractivity contribution is 7.99. The number of nitrogens with zero attached hydrogens (tertiary/aromatic N) is 4. The van der Waals surface area contributed by atoms with Crippen molar-refractivity contribution in [3.05, 3.63) is 30.3 Å². The molecule has 0 saturated carbocycles. The van der Waals surface area contributed by atoms with Crippen molar-refractivity contribution in [3.8, 4) is 5.69 Å². The number of nitrogens with one attached hydrogen (secondary N) is 1. The molecule has 1 aromatic heterocycles. The number of aliphatic hydroxyl groups excluding tert-OH is 1. The molecule has 1 aromatic carbocycles. The monoisotopic (exact) mass is 307 g/mol. The normalized spacial score (nSPS) is 12.8. The third-order valence-corrected chi connectivity index (χ3v) is 3.84. The second-order valence-corrected chi connectivity index (χ2v) is 6.21. The van der Waals surface area contributed by atoms with Crippen LogP contribution in [0.1, 0.15) is 13.8 Å². The maximum absolute atomic E-state index is 9.96. The predicted octanol–water partition coefficient (Wildman–Crippen LogP) is 1.36. The quantitative estimate of drug-likeness (QED) is 0.717. The molecule has 0 amide bonds. The van der Waals surface area contributed by atoms with Gasteiger partial charge in [-0.25, -0.2) is 0 Å². The molecule has 1 heterocycles. The second-order valence-electron chi connectivity index (χ2n) is 5.23. The van der Waals surface area contributed by atoms with E-state index >= 15 is 0 Å². The first-order valence-corrected chi connectivity index (χ1v) is 8.00. The molecule has 2 rings (SSSR count). The van der Waals surface area contributed by atoms with E-state index in [0.29, 0.717) is 23.4 Å². The Morgan fingerprint density at radius 2 is 2.00 bits per heavy atom.